The van der Waals surface area contributed by atoms with Gasteiger partial charge in [0.15, 0.2) is 0 Å². The maximum Gasteiger partial charge on any atom is 0.303 e. The van der Waals surface area contributed by atoms with E-state index in [0.717, 1.165) is 5.76 Å². The molecule has 1 aromatic heterocycles. The molecular formula is C24H34O6. The van der Waals surface area contributed by atoms with Crippen LogP contribution in [0.1, 0.15) is 78.0 Å². The van der Waals surface area contributed by atoms with Crippen LogP contribution in [0.5, 0.6) is 0 Å². The molecule has 0 unspecified atom stereocenters. The molecule has 4 rings (SSSR count). The summed E-state index contributed by atoms with van der Waals surface area (Å²) in [6.07, 6.45) is 3.21. The van der Waals surface area contributed by atoms with Gasteiger partial charge in [-0.2, -0.15) is 0 Å². The van der Waals surface area contributed by atoms with E-state index in [1.165, 1.54) is 19.4 Å². The zero-order valence-corrected chi connectivity index (χ0v) is 18.9. The third kappa shape index (κ3) is 2.72. The molecule has 166 valence electrons. The first-order chi connectivity index (χ1) is 13.9. The van der Waals surface area contributed by atoms with Crippen LogP contribution in [-0.4, -0.2) is 34.9 Å². The molecular weight excluding hydrogens is 384 g/mol. The Morgan fingerprint density at radius 1 is 1.13 bits per heavy atom. The van der Waals surface area contributed by atoms with Crippen molar-refractivity contribution in [1.29, 1.82) is 0 Å². The van der Waals surface area contributed by atoms with Gasteiger partial charge in [-0.15, -0.1) is 0 Å². The van der Waals surface area contributed by atoms with Crippen molar-refractivity contribution in [2.24, 2.45) is 22.7 Å². The fourth-order valence-corrected chi connectivity index (χ4v) is 7.27. The lowest BCUT2D eigenvalue weighted by atomic mass is 9.39. The fraction of sp³-hybridized carbons (Fsp3) is 0.750. The van der Waals surface area contributed by atoms with Crippen LogP contribution in [0.4, 0.5) is 0 Å². The Kier molecular flexibility index (Phi) is 4.88. The minimum atomic E-state index is -1.34. The fourth-order valence-electron chi connectivity index (χ4n) is 7.27. The van der Waals surface area contributed by atoms with Crippen molar-refractivity contribution < 1.29 is 28.6 Å². The van der Waals surface area contributed by atoms with Crippen molar-refractivity contribution >= 4 is 11.9 Å². The van der Waals surface area contributed by atoms with E-state index in [4.69, 9.17) is 13.9 Å². The average molecular weight is 419 g/mol. The second-order valence-corrected chi connectivity index (χ2v) is 10.5. The molecule has 1 aromatic rings. The minimum Gasteiger partial charge on any atom is -0.469 e. The molecule has 3 aliphatic carbocycles. The average Bonchev–Trinajstić information content (AvgIpc) is 3.11. The number of ether oxygens (including phenoxy) is 2. The molecule has 0 amide bonds. The van der Waals surface area contributed by atoms with Crippen molar-refractivity contribution in [1.82, 2.24) is 0 Å². The highest BCUT2D eigenvalue weighted by Crippen LogP contribution is 2.67. The summed E-state index contributed by atoms with van der Waals surface area (Å²) in [7, 11) is 0. The second-order valence-electron chi connectivity index (χ2n) is 10.5. The summed E-state index contributed by atoms with van der Waals surface area (Å²) in [6, 6.07) is 2.02. The Bertz CT molecular complexity index is 856. The monoisotopic (exact) mass is 418 g/mol. The van der Waals surface area contributed by atoms with E-state index in [1.807, 2.05) is 26.8 Å². The molecule has 3 aliphatic rings. The first kappa shape index (κ1) is 21.4. The van der Waals surface area contributed by atoms with Gasteiger partial charge in [0, 0.05) is 25.7 Å². The Morgan fingerprint density at radius 2 is 1.77 bits per heavy atom. The summed E-state index contributed by atoms with van der Waals surface area (Å²) in [4.78, 5) is 24.1. The quantitative estimate of drug-likeness (QED) is 0.731. The topological polar surface area (TPSA) is 86.0 Å². The van der Waals surface area contributed by atoms with Crippen molar-refractivity contribution in [3.8, 4) is 0 Å². The van der Waals surface area contributed by atoms with Gasteiger partial charge in [-0.05, 0) is 54.1 Å². The number of aliphatic hydroxyl groups is 1. The molecule has 6 nitrogen and oxygen atoms in total. The lowest BCUT2D eigenvalue weighted by Gasteiger charge is -2.69. The van der Waals surface area contributed by atoms with Crippen LogP contribution in [-0.2, 0) is 25.5 Å². The van der Waals surface area contributed by atoms with Crippen LogP contribution in [0.25, 0.3) is 0 Å². The molecule has 2 saturated carbocycles. The zero-order valence-electron chi connectivity index (χ0n) is 18.9. The van der Waals surface area contributed by atoms with Crippen molar-refractivity contribution in [2.75, 3.05) is 0 Å². The van der Waals surface area contributed by atoms with Gasteiger partial charge in [-0.3, -0.25) is 9.59 Å². The zero-order chi connectivity index (χ0) is 22.1. The summed E-state index contributed by atoms with van der Waals surface area (Å²) in [5, 5.41) is 12.5. The molecule has 7 atom stereocenters. The summed E-state index contributed by atoms with van der Waals surface area (Å²) in [6.45, 7) is 11.1. The van der Waals surface area contributed by atoms with Crippen LogP contribution >= 0.6 is 0 Å². The summed E-state index contributed by atoms with van der Waals surface area (Å²) < 4.78 is 17.5. The molecule has 0 spiro atoms. The van der Waals surface area contributed by atoms with Gasteiger partial charge in [0.25, 0.3) is 0 Å². The number of carbonyl (C=O) groups excluding carboxylic acids is 2. The summed E-state index contributed by atoms with van der Waals surface area (Å²) in [5.41, 5.74) is -1.46. The number of carbonyl (C=O) groups is 2. The number of hydrogen-bond donors (Lipinski definition) is 1. The largest absolute Gasteiger partial charge is 0.469 e. The highest BCUT2D eigenvalue weighted by atomic mass is 16.6. The van der Waals surface area contributed by atoms with E-state index in [9.17, 15) is 14.7 Å². The smallest absolute Gasteiger partial charge is 0.303 e. The van der Waals surface area contributed by atoms with Crippen molar-refractivity contribution in [3.05, 3.63) is 23.7 Å². The van der Waals surface area contributed by atoms with Gasteiger partial charge >= 0.3 is 11.9 Å². The molecule has 2 fully saturated rings. The summed E-state index contributed by atoms with van der Waals surface area (Å²) in [5.74, 6) is 0.607. The number of hydrogen-bond acceptors (Lipinski definition) is 6. The highest BCUT2D eigenvalue weighted by molar-refractivity contribution is 5.67. The molecule has 0 saturated heterocycles. The molecule has 0 radical (unpaired) electrons. The lowest BCUT2D eigenvalue weighted by molar-refractivity contribution is -0.317. The van der Waals surface area contributed by atoms with Gasteiger partial charge < -0.3 is 19.0 Å². The van der Waals surface area contributed by atoms with Gasteiger partial charge in [0.2, 0.25) is 0 Å². The van der Waals surface area contributed by atoms with E-state index in [-0.39, 0.29) is 23.7 Å². The lowest BCUT2D eigenvalue weighted by Crippen LogP contribution is -2.76. The van der Waals surface area contributed by atoms with Gasteiger partial charge in [-0.25, -0.2) is 0 Å². The van der Waals surface area contributed by atoms with Gasteiger partial charge in [0.05, 0.1) is 6.26 Å². The number of fused-ring (bicyclic) bond motifs is 4. The van der Waals surface area contributed by atoms with Crippen LogP contribution < -0.4 is 0 Å². The second kappa shape index (κ2) is 6.84. The van der Waals surface area contributed by atoms with Crippen LogP contribution in [0, 0.1) is 22.7 Å². The Hall–Kier alpha value is -1.82. The van der Waals surface area contributed by atoms with Crippen molar-refractivity contribution in [2.45, 2.75) is 91.0 Å². The standard InChI is InChI=1S/C24H34O6/c1-13-16-8-10-28-19(16)12-18-17(13)11-21(30-15(3)26)24(27)22(4,5)9-7-20(23(18,24)6)29-14(2)25/h8,10,13,17-18,20-21,27H,7,9,11-12H2,1-6H3/t13-,17-,18-,20-,21+,23-,24+/m0/s1. The number of furan rings is 1. The van der Waals surface area contributed by atoms with E-state index in [0.29, 0.717) is 25.7 Å². The molecule has 30 heavy (non-hydrogen) atoms. The predicted molar refractivity (Wildman–Crippen MR) is 110 cm³/mol. The first-order valence-corrected chi connectivity index (χ1v) is 11.1. The third-order valence-corrected chi connectivity index (χ3v) is 8.73. The Labute approximate surface area is 178 Å². The molecule has 1 N–H and O–H groups in total. The Morgan fingerprint density at radius 3 is 2.40 bits per heavy atom. The maximum absolute atomic E-state index is 12.5. The SMILES string of the molecule is CC(=O)O[C@H]1CCC(C)(C)[C@]2(O)[C@H](OC(C)=O)C[C@H]3[C@@H](C)c4ccoc4C[C@@H]3[C@@]12C. The van der Waals surface area contributed by atoms with Gasteiger partial charge in [0.1, 0.15) is 23.6 Å². The van der Waals surface area contributed by atoms with E-state index < -0.39 is 34.6 Å². The normalized spacial score (nSPS) is 41.8. The predicted octanol–water partition coefficient (Wildman–Crippen LogP) is 4.00. The minimum absolute atomic E-state index is 0.0342. The van der Waals surface area contributed by atoms with Crippen LogP contribution in [0.3, 0.4) is 0 Å². The number of esters is 2. The van der Waals surface area contributed by atoms with E-state index in [1.54, 1.807) is 6.26 Å². The maximum atomic E-state index is 12.5. The third-order valence-electron chi connectivity index (χ3n) is 8.73. The summed E-state index contributed by atoms with van der Waals surface area (Å²) >= 11 is 0. The number of rotatable bonds is 2. The highest BCUT2D eigenvalue weighted by Gasteiger charge is 2.74. The van der Waals surface area contributed by atoms with Crippen LogP contribution in [0.2, 0.25) is 0 Å². The van der Waals surface area contributed by atoms with E-state index >= 15 is 0 Å². The molecule has 1 heterocycles. The van der Waals surface area contributed by atoms with Gasteiger partial charge in [-0.1, -0.05) is 27.7 Å². The molecule has 0 aromatic carbocycles. The van der Waals surface area contributed by atoms with E-state index in [2.05, 4.69) is 6.92 Å². The molecule has 6 heteroatoms. The molecule has 0 bridgehead atoms. The van der Waals surface area contributed by atoms with Crippen LogP contribution in [0.15, 0.2) is 16.7 Å². The first-order valence-electron chi connectivity index (χ1n) is 11.1. The Balaban J connectivity index is 1.91. The molecule has 0 aliphatic heterocycles. The van der Waals surface area contributed by atoms with Crippen molar-refractivity contribution in [3.63, 3.8) is 0 Å².